The van der Waals surface area contributed by atoms with E-state index in [1.165, 1.54) is 11.6 Å². The number of nitrogens with zero attached hydrogens (tertiary/aromatic N) is 1. The third kappa shape index (κ3) is 3.52. The van der Waals surface area contributed by atoms with Gasteiger partial charge in [0.1, 0.15) is 6.10 Å². The van der Waals surface area contributed by atoms with E-state index < -0.39 is 5.60 Å². The quantitative estimate of drug-likeness (QED) is 0.590. The lowest BCUT2D eigenvalue weighted by Gasteiger charge is -2.61. The van der Waals surface area contributed by atoms with Gasteiger partial charge in [0, 0.05) is 30.6 Å². The summed E-state index contributed by atoms with van der Waals surface area (Å²) in [4.78, 5) is 25.9. The van der Waals surface area contributed by atoms with Crippen molar-refractivity contribution >= 4 is 6.09 Å². The Hall–Kier alpha value is -2.12. The first-order valence-corrected chi connectivity index (χ1v) is 13.9. The van der Waals surface area contributed by atoms with Gasteiger partial charge in [-0.2, -0.15) is 0 Å². The van der Waals surface area contributed by atoms with Gasteiger partial charge in [0.2, 0.25) is 0 Å². The van der Waals surface area contributed by atoms with Gasteiger partial charge in [-0.1, -0.05) is 19.4 Å². The molecule has 1 aliphatic heterocycles. The van der Waals surface area contributed by atoms with Crippen molar-refractivity contribution in [3.05, 3.63) is 46.0 Å². The lowest BCUT2D eigenvalue weighted by Crippen LogP contribution is -2.60. The van der Waals surface area contributed by atoms with Crippen molar-refractivity contribution in [2.45, 2.75) is 95.3 Å². The fourth-order valence-electron chi connectivity index (χ4n) is 9.02. The highest BCUT2D eigenvalue weighted by Gasteiger charge is 2.66. The molecule has 0 aromatic carbocycles. The zero-order valence-corrected chi connectivity index (χ0v) is 21.6. The van der Waals surface area contributed by atoms with Crippen LogP contribution in [0, 0.1) is 22.7 Å². The van der Waals surface area contributed by atoms with Crippen LogP contribution >= 0.6 is 0 Å². The number of fused-ring (bicyclic) bond motifs is 5. The number of ether oxygens (including phenoxy) is 1. The second-order valence-corrected chi connectivity index (χ2v) is 12.7. The second kappa shape index (κ2) is 8.45. The Morgan fingerprint density at radius 2 is 1.94 bits per heavy atom. The molecule has 36 heavy (non-hydrogen) atoms. The van der Waals surface area contributed by atoms with Gasteiger partial charge in [-0.25, -0.2) is 9.59 Å². The van der Waals surface area contributed by atoms with Crippen molar-refractivity contribution in [1.82, 2.24) is 4.90 Å². The minimum atomic E-state index is -0.719. The summed E-state index contributed by atoms with van der Waals surface area (Å²) in [7, 11) is 0. The molecular formula is C29H40N2O5. The van der Waals surface area contributed by atoms with Gasteiger partial charge in [0.05, 0.1) is 11.9 Å². The topological polar surface area (TPSA) is 106 Å². The van der Waals surface area contributed by atoms with Crippen molar-refractivity contribution in [2.24, 2.45) is 28.4 Å². The number of allylic oxidation sites excluding steroid dienone is 1. The van der Waals surface area contributed by atoms with Crippen LogP contribution in [-0.4, -0.2) is 46.9 Å². The number of carbonyl (C=O) groups excluding carboxylic acids is 1. The Balaban J connectivity index is 1.21. The van der Waals surface area contributed by atoms with Crippen LogP contribution in [-0.2, 0) is 4.74 Å². The Morgan fingerprint density at radius 1 is 1.11 bits per heavy atom. The molecule has 4 fully saturated rings. The summed E-state index contributed by atoms with van der Waals surface area (Å²) in [5, 5.41) is 12.4. The van der Waals surface area contributed by atoms with Crippen molar-refractivity contribution < 1.29 is 19.1 Å². The summed E-state index contributed by atoms with van der Waals surface area (Å²) >= 11 is 0. The van der Waals surface area contributed by atoms with Crippen LogP contribution in [0.4, 0.5) is 4.79 Å². The van der Waals surface area contributed by atoms with Crippen LogP contribution in [0.1, 0.15) is 83.1 Å². The molecule has 6 rings (SSSR count). The fourth-order valence-corrected chi connectivity index (χ4v) is 9.02. The summed E-state index contributed by atoms with van der Waals surface area (Å²) in [6, 6.07) is 3.45. The van der Waals surface area contributed by atoms with E-state index in [2.05, 4.69) is 19.9 Å². The van der Waals surface area contributed by atoms with E-state index in [4.69, 9.17) is 14.9 Å². The van der Waals surface area contributed by atoms with Crippen LogP contribution in [0.2, 0.25) is 0 Å². The lowest BCUT2D eigenvalue weighted by atomic mass is 9.45. The Morgan fingerprint density at radius 3 is 2.67 bits per heavy atom. The minimum absolute atomic E-state index is 0.0382. The molecule has 3 N–H and O–H groups in total. The Labute approximate surface area is 213 Å². The SMILES string of the molecule is C[C@]12CC[C@H](OC(=O)N3CC[C@H](N)C3)C=C1CC[C@@H]1[C@@H]2CC[C@]2(C)[C@@H](c3ccc(=O)oc3)CC[C@]12O. The molecule has 4 aliphatic carbocycles. The lowest BCUT2D eigenvalue weighted by molar-refractivity contribution is -0.178. The number of likely N-dealkylation sites (tertiary alicyclic amines) is 1. The van der Waals surface area contributed by atoms with Gasteiger partial charge in [-0.15, -0.1) is 0 Å². The Bertz CT molecular complexity index is 1110. The first-order valence-electron chi connectivity index (χ1n) is 13.9. The molecule has 3 saturated carbocycles. The number of rotatable bonds is 2. The van der Waals surface area contributed by atoms with Crippen molar-refractivity contribution in [1.29, 1.82) is 0 Å². The molecule has 7 nitrogen and oxygen atoms in total. The average Bonchev–Trinajstić information content (AvgIpc) is 3.41. The summed E-state index contributed by atoms with van der Waals surface area (Å²) in [5.74, 6) is 0.881. The molecule has 8 atom stereocenters. The molecule has 1 aromatic rings. The highest BCUT2D eigenvalue weighted by Crippen LogP contribution is 2.70. The fraction of sp³-hybridized carbons (Fsp3) is 0.724. The predicted molar refractivity (Wildman–Crippen MR) is 135 cm³/mol. The van der Waals surface area contributed by atoms with Crippen LogP contribution in [0.25, 0.3) is 0 Å². The molecule has 0 unspecified atom stereocenters. The predicted octanol–water partition coefficient (Wildman–Crippen LogP) is 4.34. The third-order valence-corrected chi connectivity index (χ3v) is 11.1. The summed E-state index contributed by atoms with van der Waals surface area (Å²) in [6.45, 7) is 5.91. The number of nitrogens with two attached hydrogens (primary N) is 1. The van der Waals surface area contributed by atoms with E-state index in [1.54, 1.807) is 11.2 Å². The molecule has 7 heteroatoms. The van der Waals surface area contributed by atoms with Gasteiger partial charge >= 0.3 is 11.7 Å². The summed E-state index contributed by atoms with van der Waals surface area (Å²) in [6.07, 6.45) is 11.8. The third-order valence-electron chi connectivity index (χ3n) is 11.1. The zero-order chi connectivity index (χ0) is 25.3. The molecule has 2 heterocycles. The molecule has 196 valence electrons. The normalized spacial score (nSPS) is 43.8. The smallest absolute Gasteiger partial charge is 0.410 e. The monoisotopic (exact) mass is 496 g/mol. The zero-order valence-electron chi connectivity index (χ0n) is 21.6. The highest BCUT2D eigenvalue weighted by molar-refractivity contribution is 5.68. The minimum Gasteiger partial charge on any atom is -0.442 e. The maximum atomic E-state index is 12.7. The first kappa shape index (κ1) is 24.2. The largest absolute Gasteiger partial charge is 0.442 e. The average molecular weight is 497 g/mol. The highest BCUT2D eigenvalue weighted by atomic mass is 16.6. The summed E-state index contributed by atoms with van der Waals surface area (Å²) < 4.78 is 11.1. The second-order valence-electron chi connectivity index (χ2n) is 12.7. The van der Waals surface area contributed by atoms with Gasteiger partial charge in [-0.05, 0) is 98.7 Å². The molecule has 1 amide bonds. The maximum absolute atomic E-state index is 12.7. The van der Waals surface area contributed by atoms with E-state index >= 15 is 0 Å². The van der Waals surface area contributed by atoms with Crippen LogP contribution in [0.15, 0.2) is 39.3 Å². The number of aliphatic hydroxyl groups is 1. The van der Waals surface area contributed by atoms with E-state index in [0.29, 0.717) is 19.0 Å². The number of hydrogen-bond donors (Lipinski definition) is 2. The van der Waals surface area contributed by atoms with Crippen molar-refractivity contribution in [3.63, 3.8) is 0 Å². The van der Waals surface area contributed by atoms with Crippen LogP contribution in [0.3, 0.4) is 0 Å². The summed E-state index contributed by atoms with van der Waals surface area (Å²) in [5.41, 5.74) is 7.18. The first-order chi connectivity index (χ1) is 17.1. The molecule has 1 saturated heterocycles. The van der Waals surface area contributed by atoms with Gasteiger partial charge in [-0.3, -0.25) is 0 Å². The van der Waals surface area contributed by atoms with E-state index in [0.717, 1.165) is 63.4 Å². The van der Waals surface area contributed by atoms with Gasteiger partial charge in [0.25, 0.3) is 0 Å². The van der Waals surface area contributed by atoms with E-state index in [-0.39, 0.29) is 46.5 Å². The number of amides is 1. The molecule has 0 bridgehead atoms. The molecule has 0 radical (unpaired) electrons. The number of carbonyl (C=O) groups is 1. The van der Waals surface area contributed by atoms with Gasteiger partial charge in [0.15, 0.2) is 0 Å². The standard InChI is InChI=1S/C29H40N2O5/c1-27-11-7-21(36-26(33)31-14-10-20(30)16-31)15-19(27)4-5-24-23(27)8-12-28(2)22(9-13-29(24,28)34)18-3-6-25(32)35-17-18/h3,6,15,17,20-24,34H,4-5,7-14,16,30H2,1-2H3/t20-,21-,22+,23-,24+,27-,28+,29-/m0/s1. The van der Waals surface area contributed by atoms with E-state index in [1.807, 2.05) is 6.07 Å². The van der Waals surface area contributed by atoms with Crippen molar-refractivity contribution in [3.8, 4) is 0 Å². The molecular weight excluding hydrogens is 456 g/mol. The number of hydrogen-bond acceptors (Lipinski definition) is 6. The molecule has 0 spiro atoms. The van der Waals surface area contributed by atoms with Crippen LogP contribution in [0.5, 0.6) is 0 Å². The Kier molecular flexibility index (Phi) is 5.69. The maximum Gasteiger partial charge on any atom is 0.410 e. The van der Waals surface area contributed by atoms with Gasteiger partial charge < -0.3 is 24.9 Å². The van der Waals surface area contributed by atoms with Crippen molar-refractivity contribution in [2.75, 3.05) is 13.1 Å². The molecule has 1 aromatic heterocycles. The van der Waals surface area contributed by atoms with E-state index in [9.17, 15) is 14.7 Å². The molecule has 5 aliphatic rings. The van der Waals surface area contributed by atoms with Crippen LogP contribution < -0.4 is 11.4 Å².